The summed E-state index contributed by atoms with van der Waals surface area (Å²) in [6.07, 6.45) is 0.881. The molecule has 0 saturated heterocycles. The van der Waals surface area contributed by atoms with Crippen LogP contribution >= 0.6 is 23.1 Å². The molecule has 0 fully saturated rings. The van der Waals surface area contributed by atoms with Gasteiger partial charge in [-0.1, -0.05) is 12.1 Å². The number of carbonyl (C=O) groups is 1. The molecular formula is C20H20N2O3S2. The van der Waals surface area contributed by atoms with E-state index in [0.29, 0.717) is 25.5 Å². The highest BCUT2D eigenvalue weighted by Gasteiger charge is 2.15. The maximum Gasteiger partial charge on any atom is 0.233 e. The maximum absolute atomic E-state index is 12.5. The molecule has 0 radical (unpaired) electrons. The summed E-state index contributed by atoms with van der Waals surface area (Å²) >= 11 is 3.14. The van der Waals surface area contributed by atoms with Crippen LogP contribution in [0.2, 0.25) is 0 Å². The Kier molecular flexibility index (Phi) is 5.50. The summed E-state index contributed by atoms with van der Waals surface area (Å²) in [5, 5.41) is 0.952. The van der Waals surface area contributed by atoms with Crippen molar-refractivity contribution < 1.29 is 14.3 Å². The first kappa shape index (κ1) is 18.1. The van der Waals surface area contributed by atoms with Gasteiger partial charge in [-0.15, -0.1) is 23.1 Å². The molecule has 1 aliphatic heterocycles. The minimum absolute atomic E-state index is 0.0753. The van der Waals surface area contributed by atoms with Crippen LogP contribution < -0.4 is 9.47 Å². The lowest BCUT2D eigenvalue weighted by Gasteiger charge is -2.15. The highest BCUT2D eigenvalue weighted by atomic mass is 32.2. The summed E-state index contributed by atoms with van der Waals surface area (Å²) in [5.74, 6) is 1.98. The second-order valence-electron chi connectivity index (χ2n) is 6.27. The fraction of sp³-hybridized carbons (Fsp3) is 0.300. The molecule has 0 aliphatic carbocycles. The van der Waals surface area contributed by atoms with Crippen LogP contribution in [0.3, 0.4) is 0 Å². The van der Waals surface area contributed by atoms with Crippen LogP contribution in [0.25, 0.3) is 10.2 Å². The third-order valence-electron chi connectivity index (χ3n) is 4.22. The number of fused-ring (bicyclic) bond motifs is 2. The van der Waals surface area contributed by atoms with Crippen LogP contribution in [-0.4, -0.2) is 41.8 Å². The Bertz CT molecular complexity index is 924. The van der Waals surface area contributed by atoms with E-state index < -0.39 is 0 Å². The van der Waals surface area contributed by atoms with Crippen molar-refractivity contribution >= 4 is 39.2 Å². The van der Waals surface area contributed by atoms with Crippen LogP contribution in [0, 0.1) is 0 Å². The topological polar surface area (TPSA) is 51.7 Å². The second-order valence-corrected chi connectivity index (χ2v) is 8.44. The predicted octanol–water partition coefficient (Wildman–Crippen LogP) is 4.21. The van der Waals surface area contributed by atoms with Gasteiger partial charge < -0.3 is 14.4 Å². The first-order chi connectivity index (χ1) is 13.2. The smallest absolute Gasteiger partial charge is 0.233 e. The Labute approximate surface area is 166 Å². The van der Waals surface area contributed by atoms with Gasteiger partial charge in [-0.3, -0.25) is 4.79 Å². The zero-order valence-corrected chi connectivity index (χ0v) is 16.6. The van der Waals surface area contributed by atoms with Gasteiger partial charge in [-0.25, -0.2) is 4.98 Å². The van der Waals surface area contributed by atoms with Gasteiger partial charge in [0, 0.05) is 18.4 Å². The number of aromatic nitrogens is 1. The minimum atomic E-state index is 0.0753. The van der Waals surface area contributed by atoms with Crippen molar-refractivity contribution in [2.75, 3.05) is 26.0 Å². The van der Waals surface area contributed by atoms with E-state index in [2.05, 4.69) is 11.1 Å². The Hall–Kier alpha value is -2.25. The molecule has 1 aromatic heterocycles. The van der Waals surface area contributed by atoms with Gasteiger partial charge >= 0.3 is 0 Å². The number of ether oxygens (including phenoxy) is 2. The number of thiazole rings is 1. The molecule has 0 unspecified atom stereocenters. The number of amides is 1. The molecule has 1 amide bonds. The lowest BCUT2D eigenvalue weighted by Crippen LogP contribution is -2.27. The molecule has 27 heavy (non-hydrogen) atoms. The van der Waals surface area contributed by atoms with E-state index >= 15 is 0 Å². The molecule has 140 valence electrons. The predicted molar refractivity (Wildman–Crippen MR) is 109 cm³/mol. The van der Waals surface area contributed by atoms with Crippen molar-refractivity contribution in [2.45, 2.75) is 17.9 Å². The minimum Gasteiger partial charge on any atom is -0.490 e. The number of benzene rings is 2. The van der Waals surface area contributed by atoms with Gasteiger partial charge in [-0.2, -0.15) is 0 Å². The molecule has 5 nitrogen and oxygen atoms in total. The first-order valence-corrected chi connectivity index (χ1v) is 10.6. The molecule has 4 rings (SSSR count). The number of carbonyl (C=O) groups excluding carboxylic acids is 1. The van der Waals surface area contributed by atoms with E-state index in [9.17, 15) is 4.79 Å². The quantitative estimate of drug-likeness (QED) is 0.601. The molecule has 0 atom stereocenters. The Morgan fingerprint density at radius 3 is 2.85 bits per heavy atom. The third-order valence-corrected chi connectivity index (χ3v) is 6.22. The van der Waals surface area contributed by atoms with Crippen LogP contribution in [-0.2, 0) is 11.3 Å². The van der Waals surface area contributed by atoms with Gasteiger partial charge in [0.2, 0.25) is 5.91 Å². The summed E-state index contributed by atoms with van der Waals surface area (Å²) in [5.41, 5.74) is 0.986. The van der Waals surface area contributed by atoms with E-state index in [1.54, 1.807) is 16.2 Å². The molecule has 2 heterocycles. The van der Waals surface area contributed by atoms with Crippen molar-refractivity contribution in [3.05, 3.63) is 47.5 Å². The van der Waals surface area contributed by atoms with Gasteiger partial charge in [0.25, 0.3) is 0 Å². The molecule has 0 bridgehead atoms. The summed E-state index contributed by atoms with van der Waals surface area (Å²) in [6, 6.07) is 13.9. The molecule has 2 aromatic carbocycles. The molecule has 3 aromatic rings. The number of rotatable bonds is 5. The Morgan fingerprint density at radius 1 is 1.19 bits per heavy atom. The van der Waals surface area contributed by atoms with E-state index in [1.807, 2.05) is 43.4 Å². The standard InChI is InChI=1S/C20H20N2O3S2/c1-22(12-19-21-15-5-2-3-6-18(15)27-19)20(23)13-26-14-7-8-16-17(11-14)25-10-4-9-24-16/h2-3,5-8,11H,4,9-10,12-13H2,1H3. The van der Waals surface area contributed by atoms with Crippen molar-refractivity contribution in [1.82, 2.24) is 9.88 Å². The summed E-state index contributed by atoms with van der Waals surface area (Å²) in [4.78, 5) is 19.8. The van der Waals surface area contributed by atoms with Crippen molar-refractivity contribution in [3.63, 3.8) is 0 Å². The monoisotopic (exact) mass is 400 g/mol. The lowest BCUT2D eigenvalue weighted by atomic mass is 10.3. The van der Waals surface area contributed by atoms with E-state index in [-0.39, 0.29) is 5.91 Å². The summed E-state index contributed by atoms with van der Waals surface area (Å²) in [6.45, 7) is 1.86. The normalized spacial score (nSPS) is 13.4. The molecule has 0 N–H and O–H groups in total. The third kappa shape index (κ3) is 4.36. The second kappa shape index (κ2) is 8.19. The highest BCUT2D eigenvalue weighted by Crippen LogP contribution is 2.34. The van der Waals surface area contributed by atoms with Crippen molar-refractivity contribution in [1.29, 1.82) is 0 Å². The molecule has 0 saturated carbocycles. The summed E-state index contributed by atoms with van der Waals surface area (Å²) < 4.78 is 12.5. The van der Waals surface area contributed by atoms with Gasteiger partial charge in [0.15, 0.2) is 11.5 Å². The fourth-order valence-corrected chi connectivity index (χ4v) is 4.65. The first-order valence-electron chi connectivity index (χ1n) is 8.80. The Morgan fingerprint density at radius 2 is 2.00 bits per heavy atom. The van der Waals surface area contributed by atoms with Crippen LogP contribution in [0.1, 0.15) is 11.4 Å². The SMILES string of the molecule is CN(Cc1nc2ccccc2s1)C(=O)CSc1ccc2c(c1)OCCCO2. The molecular weight excluding hydrogens is 380 g/mol. The zero-order chi connectivity index (χ0) is 18.6. The van der Waals surface area contributed by atoms with Crippen LogP contribution in [0.4, 0.5) is 0 Å². The van der Waals surface area contributed by atoms with Crippen molar-refractivity contribution in [2.24, 2.45) is 0 Å². The average molecular weight is 401 g/mol. The lowest BCUT2D eigenvalue weighted by molar-refractivity contribution is -0.127. The van der Waals surface area contributed by atoms with Crippen LogP contribution in [0.15, 0.2) is 47.4 Å². The molecule has 1 aliphatic rings. The molecule has 7 heteroatoms. The van der Waals surface area contributed by atoms with Gasteiger partial charge in [-0.05, 0) is 30.3 Å². The van der Waals surface area contributed by atoms with Gasteiger partial charge in [0.05, 0.1) is 35.7 Å². The fourth-order valence-electron chi connectivity index (χ4n) is 2.77. The van der Waals surface area contributed by atoms with Crippen LogP contribution in [0.5, 0.6) is 11.5 Å². The summed E-state index contributed by atoms with van der Waals surface area (Å²) in [7, 11) is 1.82. The number of nitrogens with zero attached hydrogens (tertiary/aromatic N) is 2. The van der Waals surface area contributed by atoms with Crippen molar-refractivity contribution in [3.8, 4) is 11.5 Å². The maximum atomic E-state index is 12.5. The zero-order valence-electron chi connectivity index (χ0n) is 15.0. The molecule has 0 spiro atoms. The van der Waals surface area contributed by atoms with E-state index in [0.717, 1.165) is 38.0 Å². The number of hydrogen-bond donors (Lipinski definition) is 0. The van der Waals surface area contributed by atoms with E-state index in [1.165, 1.54) is 11.8 Å². The number of hydrogen-bond acceptors (Lipinski definition) is 6. The average Bonchev–Trinajstić information content (AvgIpc) is 2.94. The largest absolute Gasteiger partial charge is 0.490 e. The highest BCUT2D eigenvalue weighted by molar-refractivity contribution is 8.00. The van der Waals surface area contributed by atoms with Gasteiger partial charge in [0.1, 0.15) is 5.01 Å². The van der Waals surface area contributed by atoms with E-state index in [4.69, 9.17) is 9.47 Å². The number of thioether (sulfide) groups is 1. The Balaban J connectivity index is 1.35. The number of para-hydroxylation sites is 1.